The highest BCUT2D eigenvalue weighted by atomic mass is 16.5. The Hall–Kier alpha value is -3.60. The molecule has 0 saturated heterocycles. The lowest BCUT2D eigenvalue weighted by atomic mass is 10.1. The maximum Gasteiger partial charge on any atom is 0.257 e. The van der Waals surface area contributed by atoms with Gasteiger partial charge in [0.1, 0.15) is 5.75 Å². The standard InChI is InChI=1S/C22H20N2O3/c1-15-8-7-9-16(14-15)21(25)23-18-11-4-3-10-17(18)22(26)24-19-12-5-6-13-20(19)27-2/h3-14H,1-2H3,(H,23,25)(H,24,26). The van der Waals surface area contributed by atoms with Crippen molar-refractivity contribution in [3.8, 4) is 5.75 Å². The summed E-state index contributed by atoms with van der Waals surface area (Å²) in [5, 5.41) is 5.64. The smallest absolute Gasteiger partial charge is 0.257 e. The van der Waals surface area contributed by atoms with Crippen molar-refractivity contribution in [1.82, 2.24) is 0 Å². The van der Waals surface area contributed by atoms with E-state index in [1.54, 1.807) is 55.6 Å². The van der Waals surface area contributed by atoms with E-state index in [2.05, 4.69) is 10.6 Å². The number of anilines is 2. The molecule has 27 heavy (non-hydrogen) atoms. The van der Waals surface area contributed by atoms with E-state index in [-0.39, 0.29) is 11.8 Å². The maximum absolute atomic E-state index is 12.8. The number of carbonyl (C=O) groups is 2. The molecule has 0 spiro atoms. The van der Waals surface area contributed by atoms with Crippen molar-refractivity contribution in [3.63, 3.8) is 0 Å². The Morgan fingerprint density at radius 3 is 2.19 bits per heavy atom. The van der Waals surface area contributed by atoms with Crippen LogP contribution in [0.15, 0.2) is 72.8 Å². The van der Waals surface area contributed by atoms with Crippen LogP contribution in [0.1, 0.15) is 26.3 Å². The van der Waals surface area contributed by atoms with Crippen molar-refractivity contribution in [1.29, 1.82) is 0 Å². The third kappa shape index (κ3) is 4.33. The number of ether oxygens (including phenoxy) is 1. The average Bonchev–Trinajstić information content (AvgIpc) is 2.68. The number of carbonyl (C=O) groups excluding carboxylic acids is 2. The highest BCUT2D eigenvalue weighted by Crippen LogP contribution is 2.25. The lowest BCUT2D eigenvalue weighted by molar-refractivity contribution is 0.102. The maximum atomic E-state index is 12.8. The first kappa shape index (κ1) is 18.2. The summed E-state index contributed by atoms with van der Waals surface area (Å²) >= 11 is 0. The molecule has 0 radical (unpaired) electrons. The van der Waals surface area contributed by atoms with Gasteiger partial charge in [-0.3, -0.25) is 9.59 Å². The first-order valence-corrected chi connectivity index (χ1v) is 8.50. The fourth-order valence-corrected chi connectivity index (χ4v) is 2.71. The molecule has 0 aliphatic carbocycles. The minimum atomic E-state index is -0.334. The number of rotatable bonds is 5. The zero-order chi connectivity index (χ0) is 19.2. The number of para-hydroxylation sites is 3. The van der Waals surface area contributed by atoms with Gasteiger partial charge in [0, 0.05) is 5.56 Å². The van der Waals surface area contributed by atoms with Crippen LogP contribution in [0, 0.1) is 6.92 Å². The van der Waals surface area contributed by atoms with Crippen LogP contribution in [-0.4, -0.2) is 18.9 Å². The summed E-state index contributed by atoms with van der Waals surface area (Å²) in [6.45, 7) is 1.92. The Kier molecular flexibility index (Phi) is 5.52. The van der Waals surface area contributed by atoms with Gasteiger partial charge in [-0.25, -0.2) is 0 Å². The molecule has 0 aromatic heterocycles. The van der Waals surface area contributed by atoms with Crippen LogP contribution in [0.5, 0.6) is 5.75 Å². The SMILES string of the molecule is COc1ccccc1NC(=O)c1ccccc1NC(=O)c1cccc(C)c1. The minimum absolute atomic E-state index is 0.267. The fraction of sp³-hybridized carbons (Fsp3) is 0.0909. The number of amides is 2. The molecule has 3 aromatic carbocycles. The average molecular weight is 360 g/mol. The van der Waals surface area contributed by atoms with Crippen LogP contribution in [0.3, 0.4) is 0 Å². The highest BCUT2D eigenvalue weighted by Gasteiger charge is 2.15. The molecular formula is C22H20N2O3. The van der Waals surface area contributed by atoms with Gasteiger partial charge in [-0.2, -0.15) is 0 Å². The molecule has 0 atom stereocenters. The lowest BCUT2D eigenvalue weighted by Crippen LogP contribution is -2.18. The molecule has 0 unspecified atom stereocenters. The zero-order valence-corrected chi connectivity index (χ0v) is 15.2. The van der Waals surface area contributed by atoms with E-state index in [9.17, 15) is 9.59 Å². The second-order valence-corrected chi connectivity index (χ2v) is 6.02. The van der Waals surface area contributed by atoms with E-state index < -0.39 is 0 Å². The van der Waals surface area contributed by atoms with Crippen LogP contribution in [0.25, 0.3) is 0 Å². The quantitative estimate of drug-likeness (QED) is 0.703. The number of hydrogen-bond acceptors (Lipinski definition) is 3. The number of aryl methyl sites for hydroxylation is 1. The summed E-state index contributed by atoms with van der Waals surface area (Å²) in [5.74, 6) is -0.0389. The summed E-state index contributed by atoms with van der Waals surface area (Å²) in [7, 11) is 1.54. The third-order valence-corrected chi connectivity index (χ3v) is 4.06. The van der Waals surface area contributed by atoms with Crippen LogP contribution in [0.4, 0.5) is 11.4 Å². The van der Waals surface area contributed by atoms with Gasteiger partial charge < -0.3 is 15.4 Å². The second kappa shape index (κ2) is 8.19. The first-order valence-electron chi connectivity index (χ1n) is 8.50. The summed E-state index contributed by atoms with van der Waals surface area (Å²) < 4.78 is 5.26. The van der Waals surface area contributed by atoms with Gasteiger partial charge in [-0.1, -0.05) is 42.0 Å². The molecule has 0 fully saturated rings. The zero-order valence-electron chi connectivity index (χ0n) is 15.2. The molecule has 136 valence electrons. The summed E-state index contributed by atoms with van der Waals surface area (Å²) in [6, 6.07) is 21.3. The lowest BCUT2D eigenvalue weighted by Gasteiger charge is -2.13. The van der Waals surface area contributed by atoms with Crippen LogP contribution >= 0.6 is 0 Å². The van der Waals surface area contributed by atoms with E-state index in [1.807, 2.05) is 31.2 Å². The molecular weight excluding hydrogens is 340 g/mol. The molecule has 5 heteroatoms. The number of methoxy groups -OCH3 is 1. The summed E-state index contributed by atoms with van der Waals surface area (Å²) in [6.07, 6.45) is 0. The van der Waals surface area contributed by atoms with E-state index in [4.69, 9.17) is 4.74 Å². The minimum Gasteiger partial charge on any atom is -0.495 e. The Labute approximate surface area is 158 Å². The van der Waals surface area contributed by atoms with Gasteiger partial charge in [0.2, 0.25) is 0 Å². The molecule has 0 aliphatic rings. The molecule has 5 nitrogen and oxygen atoms in total. The molecule has 0 aliphatic heterocycles. The van der Waals surface area contributed by atoms with Crippen molar-refractivity contribution in [3.05, 3.63) is 89.5 Å². The first-order chi connectivity index (χ1) is 13.1. The van der Waals surface area contributed by atoms with Gasteiger partial charge in [0.25, 0.3) is 11.8 Å². The monoisotopic (exact) mass is 360 g/mol. The Balaban J connectivity index is 1.83. The van der Waals surface area contributed by atoms with Crippen molar-refractivity contribution in [2.75, 3.05) is 17.7 Å². The molecule has 0 saturated carbocycles. The predicted octanol–water partition coefficient (Wildman–Crippen LogP) is 4.51. The molecule has 2 amide bonds. The largest absolute Gasteiger partial charge is 0.495 e. The normalized spacial score (nSPS) is 10.1. The van der Waals surface area contributed by atoms with Gasteiger partial charge in [-0.15, -0.1) is 0 Å². The van der Waals surface area contributed by atoms with Gasteiger partial charge in [0.15, 0.2) is 0 Å². The van der Waals surface area contributed by atoms with Crippen LogP contribution in [-0.2, 0) is 0 Å². The fourth-order valence-electron chi connectivity index (χ4n) is 2.71. The Morgan fingerprint density at radius 2 is 1.44 bits per heavy atom. The number of hydrogen-bond donors (Lipinski definition) is 2. The van der Waals surface area contributed by atoms with Gasteiger partial charge in [0.05, 0.1) is 24.0 Å². The van der Waals surface area contributed by atoms with E-state index in [0.29, 0.717) is 28.3 Å². The molecule has 0 heterocycles. The molecule has 2 N–H and O–H groups in total. The van der Waals surface area contributed by atoms with E-state index in [0.717, 1.165) is 5.56 Å². The molecule has 3 aromatic rings. The second-order valence-electron chi connectivity index (χ2n) is 6.02. The van der Waals surface area contributed by atoms with Crippen molar-refractivity contribution in [2.24, 2.45) is 0 Å². The van der Waals surface area contributed by atoms with Crippen LogP contribution in [0.2, 0.25) is 0 Å². The highest BCUT2D eigenvalue weighted by molar-refractivity contribution is 6.12. The Morgan fingerprint density at radius 1 is 0.778 bits per heavy atom. The summed E-state index contributed by atoms with van der Waals surface area (Å²) in [5.41, 5.74) is 2.89. The van der Waals surface area contributed by atoms with Crippen molar-refractivity contribution < 1.29 is 14.3 Å². The van der Waals surface area contributed by atoms with Crippen LogP contribution < -0.4 is 15.4 Å². The van der Waals surface area contributed by atoms with E-state index >= 15 is 0 Å². The molecule has 0 bridgehead atoms. The van der Waals surface area contributed by atoms with Gasteiger partial charge >= 0.3 is 0 Å². The predicted molar refractivity (Wildman–Crippen MR) is 107 cm³/mol. The number of benzene rings is 3. The summed E-state index contributed by atoms with van der Waals surface area (Å²) in [4.78, 5) is 25.3. The molecule has 3 rings (SSSR count). The number of nitrogens with one attached hydrogen (secondary N) is 2. The van der Waals surface area contributed by atoms with E-state index in [1.165, 1.54) is 0 Å². The van der Waals surface area contributed by atoms with Crippen molar-refractivity contribution >= 4 is 23.2 Å². The topological polar surface area (TPSA) is 67.4 Å². The third-order valence-electron chi connectivity index (χ3n) is 4.06. The Bertz CT molecular complexity index is 983. The van der Waals surface area contributed by atoms with Crippen molar-refractivity contribution in [2.45, 2.75) is 6.92 Å². The van der Waals surface area contributed by atoms with Gasteiger partial charge in [-0.05, 0) is 43.3 Å².